The largest absolute Gasteiger partial charge is 0.303 e. The molecule has 2 unspecified atom stereocenters. The molecule has 3 heteroatoms. The van der Waals surface area contributed by atoms with E-state index >= 15 is 0 Å². The Bertz CT molecular complexity index is 301. The van der Waals surface area contributed by atoms with Crippen molar-refractivity contribution < 1.29 is 4.79 Å². The maximum Gasteiger partial charge on any atom is 0.127 e. The van der Waals surface area contributed by atoms with Crippen LogP contribution in [0.1, 0.15) is 52.9 Å². The topological polar surface area (TPSA) is 23.6 Å². The smallest absolute Gasteiger partial charge is 0.127 e. The molecule has 0 spiro atoms. The van der Waals surface area contributed by atoms with E-state index in [0.29, 0.717) is 6.04 Å². The average molecular weight is 266 g/mol. The molecule has 2 heterocycles. The fourth-order valence-corrected chi connectivity index (χ4v) is 3.72. The number of piperidine rings is 1. The number of hydrogen-bond donors (Lipinski definition) is 0. The Labute approximate surface area is 118 Å². The van der Waals surface area contributed by atoms with Gasteiger partial charge < -0.3 is 4.79 Å². The van der Waals surface area contributed by atoms with Gasteiger partial charge in [0.25, 0.3) is 0 Å². The summed E-state index contributed by atoms with van der Waals surface area (Å²) in [6, 6.07) is 1.33. The second kappa shape index (κ2) is 6.36. The van der Waals surface area contributed by atoms with E-state index in [0.717, 1.165) is 32.0 Å². The first kappa shape index (κ1) is 15.0. The Morgan fingerprint density at radius 1 is 1.21 bits per heavy atom. The van der Waals surface area contributed by atoms with Crippen molar-refractivity contribution in [2.45, 2.75) is 65.0 Å². The van der Waals surface area contributed by atoms with Crippen LogP contribution in [0.15, 0.2) is 0 Å². The third-order valence-corrected chi connectivity index (χ3v) is 5.49. The minimum Gasteiger partial charge on any atom is -0.303 e. The molecule has 0 aromatic carbocycles. The molecule has 110 valence electrons. The van der Waals surface area contributed by atoms with Gasteiger partial charge in [-0.2, -0.15) is 0 Å². The van der Waals surface area contributed by atoms with Gasteiger partial charge in [-0.05, 0) is 39.2 Å². The van der Waals surface area contributed by atoms with Gasteiger partial charge in [0.05, 0.1) is 0 Å². The van der Waals surface area contributed by atoms with Crippen LogP contribution in [0.4, 0.5) is 0 Å². The number of rotatable bonds is 5. The van der Waals surface area contributed by atoms with Crippen molar-refractivity contribution >= 4 is 6.29 Å². The lowest BCUT2D eigenvalue weighted by atomic mass is 9.82. The van der Waals surface area contributed by atoms with Crippen molar-refractivity contribution in [1.82, 2.24) is 9.80 Å². The molecule has 0 bridgehead atoms. The van der Waals surface area contributed by atoms with Gasteiger partial charge in [0.15, 0.2) is 0 Å². The highest BCUT2D eigenvalue weighted by molar-refractivity contribution is 5.59. The van der Waals surface area contributed by atoms with Crippen LogP contribution >= 0.6 is 0 Å². The summed E-state index contributed by atoms with van der Waals surface area (Å²) in [5, 5.41) is 0. The molecule has 2 saturated heterocycles. The van der Waals surface area contributed by atoms with Crippen LogP contribution in [0, 0.1) is 5.41 Å². The Balaban J connectivity index is 2.01. The zero-order valence-corrected chi connectivity index (χ0v) is 12.9. The van der Waals surface area contributed by atoms with Crippen molar-refractivity contribution in [3.05, 3.63) is 0 Å². The zero-order chi connectivity index (χ0) is 13.9. The summed E-state index contributed by atoms with van der Waals surface area (Å²) in [6.45, 7) is 11.2. The normalized spacial score (nSPS) is 30.1. The molecule has 2 aliphatic heterocycles. The first-order valence-corrected chi connectivity index (χ1v) is 8.08. The number of nitrogens with zero attached hydrogens (tertiary/aromatic N) is 2. The fraction of sp³-hybridized carbons (Fsp3) is 0.938. The summed E-state index contributed by atoms with van der Waals surface area (Å²) in [7, 11) is 0. The van der Waals surface area contributed by atoms with Gasteiger partial charge >= 0.3 is 0 Å². The van der Waals surface area contributed by atoms with Gasteiger partial charge in [-0.15, -0.1) is 0 Å². The Hall–Kier alpha value is -0.410. The Morgan fingerprint density at radius 3 is 2.58 bits per heavy atom. The van der Waals surface area contributed by atoms with E-state index in [4.69, 9.17) is 0 Å². The number of piperazine rings is 1. The second-order valence-corrected chi connectivity index (χ2v) is 6.61. The quantitative estimate of drug-likeness (QED) is 0.715. The van der Waals surface area contributed by atoms with E-state index in [2.05, 4.69) is 30.6 Å². The van der Waals surface area contributed by atoms with Gasteiger partial charge in [0, 0.05) is 37.1 Å². The molecule has 0 amide bonds. The van der Waals surface area contributed by atoms with Gasteiger partial charge in [-0.1, -0.05) is 20.3 Å². The molecule has 0 aromatic rings. The second-order valence-electron chi connectivity index (χ2n) is 6.61. The highest BCUT2D eigenvalue weighted by Crippen LogP contribution is 2.30. The van der Waals surface area contributed by atoms with E-state index in [1.807, 2.05) is 0 Å². The van der Waals surface area contributed by atoms with Crippen LogP contribution in [0.3, 0.4) is 0 Å². The summed E-state index contributed by atoms with van der Waals surface area (Å²) in [6.07, 6.45) is 7.23. The lowest BCUT2D eigenvalue weighted by Gasteiger charge is -2.49. The maximum absolute atomic E-state index is 11.5. The van der Waals surface area contributed by atoms with E-state index in [9.17, 15) is 4.79 Å². The molecular formula is C16H30N2O. The summed E-state index contributed by atoms with van der Waals surface area (Å²) in [4.78, 5) is 16.8. The van der Waals surface area contributed by atoms with Gasteiger partial charge in [0.1, 0.15) is 6.29 Å². The molecule has 0 aromatic heterocycles. The molecule has 19 heavy (non-hydrogen) atoms. The fourth-order valence-electron chi connectivity index (χ4n) is 3.72. The monoisotopic (exact) mass is 266 g/mol. The molecule has 0 N–H and O–H groups in total. The van der Waals surface area contributed by atoms with Crippen molar-refractivity contribution in [2.24, 2.45) is 5.41 Å². The molecule has 2 rings (SSSR count). The minimum absolute atomic E-state index is 0.120. The van der Waals surface area contributed by atoms with Crippen molar-refractivity contribution in [3.63, 3.8) is 0 Å². The first-order valence-electron chi connectivity index (χ1n) is 8.08. The first-order chi connectivity index (χ1) is 9.14. The number of carbonyl (C=O) groups is 1. The average Bonchev–Trinajstić information content (AvgIpc) is 2.45. The third-order valence-electron chi connectivity index (χ3n) is 5.49. The number of hydrogen-bond acceptors (Lipinski definition) is 3. The highest BCUT2D eigenvalue weighted by atomic mass is 16.1. The summed E-state index contributed by atoms with van der Waals surface area (Å²) < 4.78 is 0. The van der Waals surface area contributed by atoms with Crippen molar-refractivity contribution in [1.29, 1.82) is 0 Å². The molecule has 0 radical (unpaired) electrons. The van der Waals surface area contributed by atoms with Crippen LogP contribution in [0.25, 0.3) is 0 Å². The van der Waals surface area contributed by atoms with Gasteiger partial charge in [-0.3, -0.25) is 9.80 Å². The van der Waals surface area contributed by atoms with E-state index in [1.54, 1.807) is 0 Å². The van der Waals surface area contributed by atoms with Gasteiger partial charge in [0.2, 0.25) is 0 Å². The molecule has 0 saturated carbocycles. The third kappa shape index (κ3) is 3.19. The molecule has 3 nitrogen and oxygen atoms in total. The predicted molar refractivity (Wildman–Crippen MR) is 79.3 cm³/mol. The standard InChI is InChI=1S/C16H30N2O/c1-4-16(5-2,13-19)12-18-11-15-8-6-7-9-17(15)10-14(18)3/h13-15H,4-12H2,1-3H3. The minimum atomic E-state index is -0.120. The maximum atomic E-state index is 11.5. The van der Waals surface area contributed by atoms with Crippen molar-refractivity contribution in [2.75, 3.05) is 26.2 Å². The summed E-state index contributed by atoms with van der Waals surface area (Å²) in [5.74, 6) is 0. The van der Waals surface area contributed by atoms with Crippen LogP contribution in [0.5, 0.6) is 0 Å². The molecular weight excluding hydrogens is 236 g/mol. The number of fused-ring (bicyclic) bond motifs is 1. The molecule has 2 fully saturated rings. The molecule has 2 aliphatic rings. The lowest BCUT2D eigenvalue weighted by Crippen LogP contribution is -2.60. The molecule has 0 aliphatic carbocycles. The van der Waals surface area contributed by atoms with E-state index in [1.165, 1.54) is 38.6 Å². The number of aldehydes is 1. The van der Waals surface area contributed by atoms with Crippen LogP contribution < -0.4 is 0 Å². The number of carbonyl (C=O) groups excluding carboxylic acids is 1. The predicted octanol–water partition coefficient (Wildman–Crippen LogP) is 2.55. The summed E-state index contributed by atoms with van der Waals surface area (Å²) in [5.41, 5.74) is -0.120. The summed E-state index contributed by atoms with van der Waals surface area (Å²) >= 11 is 0. The highest BCUT2D eigenvalue weighted by Gasteiger charge is 2.37. The lowest BCUT2D eigenvalue weighted by molar-refractivity contribution is -0.119. The van der Waals surface area contributed by atoms with Crippen LogP contribution in [-0.2, 0) is 4.79 Å². The molecule has 2 atom stereocenters. The van der Waals surface area contributed by atoms with Gasteiger partial charge in [-0.25, -0.2) is 0 Å². The zero-order valence-electron chi connectivity index (χ0n) is 12.9. The van der Waals surface area contributed by atoms with E-state index in [-0.39, 0.29) is 5.41 Å². The SMILES string of the molecule is CCC(C=O)(CC)CN1CC2CCCCN2CC1C. The van der Waals surface area contributed by atoms with Crippen molar-refractivity contribution in [3.8, 4) is 0 Å². The van der Waals surface area contributed by atoms with E-state index < -0.39 is 0 Å². The van der Waals surface area contributed by atoms with Crippen LogP contribution in [-0.4, -0.2) is 54.3 Å². The Kier molecular flexibility index (Phi) is 5.02. The Morgan fingerprint density at radius 2 is 1.95 bits per heavy atom. The van der Waals surface area contributed by atoms with Crippen LogP contribution in [0.2, 0.25) is 0 Å².